The number of thioether (sulfide) groups is 1. The Kier molecular flexibility index (Phi) is 3.64. The van der Waals surface area contributed by atoms with Gasteiger partial charge in [0.2, 0.25) is 0 Å². The smallest absolute Gasteiger partial charge is 0.312 e. The Balaban J connectivity index is 2.71. The minimum absolute atomic E-state index is 0.184. The van der Waals surface area contributed by atoms with Gasteiger partial charge in [-0.1, -0.05) is 24.0 Å². The van der Waals surface area contributed by atoms with Crippen LogP contribution < -0.4 is 0 Å². The van der Waals surface area contributed by atoms with Crippen LogP contribution in [0.25, 0.3) is 0 Å². The zero-order valence-electron chi connectivity index (χ0n) is 7.80. The first-order valence-electron chi connectivity index (χ1n) is 3.91. The summed E-state index contributed by atoms with van der Waals surface area (Å²) in [6.07, 6.45) is -0.659. The summed E-state index contributed by atoms with van der Waals surface area (Å²) >= 11 is 6.00. The number of hydrogen-bond acceptors (Lipinski definition) is 5. The highest BCUT2D eigenvalue weighted by Crippen LogP contribution is 2.20. The lowest BCUT2D eigenvalue weighted by Crippen LogP contribution is -2.46. The van der Waals surface area contributed by atoms with Crippen LogP contribution in [-0.4, -0.2) is 50.0 Å². The second kappa shape index (κ2) is 4.58. The third kappa shape index (κ3) is 2.66. The zero-order valence-corrected chi connectivity index (χ0v) is 9.43. The lowest BCUT2D eigenvalue weighted by molar-refractivity contribution is -0.154. The Morgan fingerprint density at radius 1 is 1.67 bits per heavy atom. The summed E-state index contributed by atoms with van der Waals surface area (Å²) in [6.45, 7) is 0. The minimum atomic E-state index is -1.24. The van der Waals surface area contributed by atoms with Crippen LogP contribution >= 0.6 is 24.0 Å². The maximum atomic E-state index is 11.3. The molecule has 0 saturated carbocycles. The second-order valence-electron chi connectivity index (χ2n) is 2.75. The molecule has 0 aliphatic carbocycles. The molecule has 0 radical (unpaired) electrons. The van der Waals surface area contributed by atoms with Crippen LogP contribution in [0.1, 0.15) is 6.42 Å². The van der Waals surface area contributed by atoms with Crippen molar-refractivity contribution in [1.29, 1.82) is 0 Å². The molecule has 0 bridgehead atoms. The number of carboxylic acids is 1. The third-order valence-electron chi connectivity index (χ3n) is 1.69. The van der Waals surface area contributed by atoms with Crippen molar-refractivity contribution in [2.24, 2.45) is 0 Å². The van der Waals surface area contributed by atoms with Gasteiger partial charge in [0.1, 0.15) is 6.42 Å². The molecule has 1 rings (SSSR count). The average molecular weight is 248 g/mol. The summed E-state index contributed by atoms with van der Waals surface area (Å²) in [5, 5.41) is 10.4. The third-order valence-corrected chi connectivity index (χ3v) is 3.03. The Bertz CT molecular complexity index is 328. The van der Waals surface area contributed by atoms with Crippen molar-refractivity contribution < 1.29 is 19.5 Å². The van der Waals surface area contributed by atoms with E-state index in [1.165, 1.54) is 7.05 Å². The molecule has 8 heteroatoms. The Hall–Kier alpha value is -1.15. The summed E-state index contributed by atoms with van der Waals surface area (Å²) < 4.78 is 0.265. The maximum Gasteiger partial charge on any atom is 0.312 e. The van der Waals surface area contributed by atoms with Gasteiger partial charge in [-0.3, -0.25) is 14.4 Å². The molecule has 1 saturated heterocycles. The van der Waals surface area contributed by atoms with E-state index in [0.29, 0.717) is 0 Å². The number of carbonyl (C=O) groups excluding carboxylic acids is 2. The SMILES string of the molecule is CN(C(=O)CC(=O)O)N1C(=O)CSC1=S. The van der Waals surface area contributed by atoms with Gasteiger partial charge in [0, 0.05) is 7.05 Å². The molecule has 0 spiro atoms. The molecule has 1 heterocycles. The van der Waals surface area contributed by atoms with Crippen LogP contribution in [0.15, 0.2) is 0 Å². The van der Waals surface area contributed by atoms with Crippen LogP contribution in [0.4, 0.5) is 0 Å². The molecule has 0 aromatic carbocycles. The fourth-order valence-electron chi connectivity index (χ4n) is 0.993. The maximum absolute atomic E-state index is 11.3. The first kappa shape index (κ1) is 11.9. The number of carbonyl (C=O) groups is 3. The van der Waals surface area contributed by atoms with E-state index in [0.717, 1.165) is 21.8 Å². The fourth-order valence-corrected chi connectivity index (χ4v) is 2.11. The van der Waals surface area contributed by atoms with Crippen LogP contribution in [0.3, 0.4) is 0 Å². The summed E-state index contributed by atoms with van der Waals surface area (Å²) in [6, 6.07) is 0. The Labute approximate surface area is 95.2 Å². The molecule has 0 unspecified atom stereocenters. The van der Waals surface area contributed by atoms with Gasteiger partial charge in [-0.05, 0) is 0 Å². The highest BCUT2D eigenvalue weighted by molar-refractivity contribution is 8.23. The molecule has 1 N–H and O–H groups in total. The van der Waals surface area contributed by atoms with E-state index in [4.69, 9.17) is 17.3 Å². The van der Waals surface area contributed by atoms with Crippen LogP contribution in [-0.2, 0) is 14.4 Å². The lowest BCUT2D eigenvalue weighted by Gasteiger charge is -2.26. The Morgan fingerprint density at radius 3 is 2.67 bits per heavy atom. The fraction of sp³-hybridized carbons (Fsp3) is 0.429. The molecular formula is C7H8N2O4S2. The molecule has 0 aromatic rings. The van der Waals surface area contributed by atoms with E-state index in [1.54, 1.807) is 0 Å². The van der Waals surface area contributed by atoms with Crippen molar-refractivity contribution in [2.45, 2.75) is 6.42 Å². The van der Waals surface area contributed by atoms with Gasteiger partial charge in [-0.25, -0.2) is 10.0 Å². The topological polar surface area (TPSA) is 77.9 Å². The monoisotopic (exact) mass is 248 g/mol. The number of amides is 2. The van der Waals surface area contributed by atoms with E-state index < -0.39 is 18.3 Å². The van der Waals surface area contributed by atoms with Gasteiger partial charge in [0.15, 0.2) is 4.32 Å². The van der Waals surface area contributed by atoms with E-state index in [1.807, 2.05) is 0 Å². The minimum Gasteiger partial charge on any atom is -0.481 e. The van der Waals surface area contributed by atoms with E-state index in [2.05, 4.69) is 0 Å². The highest BCUT2D eigenvalue weighted by Gasteiger charge is 2.33. The zero-order chi connectivity index (χ0) is 11.6. The number of hydrazine groups is 1. The van der Waals surface area contributed by atoms with Crippen molar-refractivity contribution in [3.63, 3.8) is 0 Å². The van der Waals surface area contributed by atoms with Gasteiger partial charge < -0.3 is 5.11 Å². The number of carboxylic acid groups (broad SMARTS) is 1. The largest absolute Gasteiger partial charge is 0.481 e. The van der Waals surface area contributed by atoms with Crippen LogP contribution in [0.5, 0.6) is 0 Å². The standard InChI is InChI=1S/C7H8N2O4S2/c1-8(4(10)2-6(12)13)9-5(11)3-15-7(9)14/h2-3H2,1H3,(H,12,13). The number of rotatable bonds is 3. The van der Waals surface area contributed by atoms with Crippen LogP contribution in [0, 0.1) is 0 Å². The van der Waals surface area contributed by atoms with Gasteiger partial charge in [0.05, 0.1) is 5.75 Å². The first-order valence-corrected chi connectivity index (χ1v) is 5.31. The van der Waals surface area contributed by atoms with Gasteiger partial charge in [-0.15, -0.1) is 0 Å². The van der Waals surface area contributed by atoms with E-state index >= 15 is 0 Å². The van der Waals surface area contributed by atoms with E-state index in [9.17, 15) is 14.4 Å². The van der Waals surface area contributed by atoms with E-state index in [-0.39, 0.29) is 16.0 Å². The summed E-state index contributed by atoms with van der Waals surface area (Å²) in [5.41, 5.74) is 0. The van der Waals surface area contributed by atoms with Crippen molar-refractivity contribution >= 4 is 46.1 Å². The molecule has 0 atom stereocenters. The molecule has 82 valence electrons. The second-order valence-corrected chi connectivity index (χ2v) is 4.36. The van der Waals surface area contributed by atoms with Crippen molar-refractivity contribution in [3.05, 3.63) is 0 Å². The summed E-state index contributed by atoms with van der Waals surface area (Å²) in [5.74, 6) is -2.05. The Morgan fingerprint density at radius 2 is 2.27 bits per heavy atom. The van der Waals surface area contributed by atoms with Gasteiger partial charge in [0.25, 0.3) is 11.8 Å². The molecule has 1 aliphatic rings. The highest BCUT2D eigenvalue weighted by atomic mass is 32.2. The van der Waals surface area contributed by atoms with Gasteiger partial charge >= 0.3 is 5.97 Å². The van der Waals surface area contributed by atoms with Crippen molar-refractivity contribution in [1.82, 2.24) is 10.0 Å². The molecule has 1 aliphatic heterocycles. The van der Waals surface area contributed by atoms with Crippen molar-refractivity contribution in [3.8, 4) is 0 Å². The van der Waals surface area contributed by atoms with Crippen LogP contribution in [0.2, 0.25) is 0 Å². The molecular weight excluding hydrogens is 240 g/mol. The van der Waals surface area contributed by atoms with Gasteiger partial charge in [-0.2, -0.15) is 0 Å². The summed E-state index contributed by atoms with van der Waals surface area (Å²) in [4.78, 5) is 32.9. The summed E-state index contributed by atoms with van der Waals surface area (Å²) in [7, 11) is 1.32. The number of aliphatic carboxylic acids is 1. The molecule has 0 aromatic heterocycles. The lowest BCUT2D eigenvalue weighted by atomic mass is 10.4. The quantitative estimate of drug-likeness (QED) is 0.545. The predicted molar refractivity (Wildman–Crippen MR) is 56.9 cm³/mol. The average Bonchev–Trinajstić information content (AvgIpc) is 2.44. The first-order chi connectivity index (χ1) is 6.93. The molecule has 1 fully saturated rings. The molecule has 6 nitrogen and oxygen atoms in total. The number of thiocarbonyl (C=S) groups is 1. The number of hydrogen-bond donors (Lipinski definition) is 1. The molecule has 15 heavy (non-hydrogen) atoms. The normalized spacial score (nSPS) is 15.7. The predicted octanol–water partition coefficient (Wildman–Crippen LogP) is -0.305. The van der Waals surface area contributed by atoms with Crippen molar-refractivity contribution in [2.75, 3.05) is 12.8 Å². The molecule has 2 amide bonds. The number of nitrogens with zero attached hydrogens (tertiary/aromatic N) is 2.